The molecule has 0 radical (unpaired) electrons. The number of para-hydroxylation sites is 1. The van der Waals surface area contributed by atoms with Crippen LogP contribution >= 0.6 is 11.3 Å². The van der Waals surface area contributed by atoms with E-state index in [-0.39, 0.29) is 0 Å². The maximum atomic E-state index is 5.49. The lowest BCUT2D eigenvalue weighted by atomic mass is 10.1. The number of nitrogens with one attached hydrogen (secondary N) is 1. The number of nitrogens with zero attached hydrogens (tertiary/aromatic N) is 3. The molecule has 6 heteroatoms. The summed E-state index contributed by atoms with van der Waals surface area (Å²) >= 11 is 1.62. The van der Waals surface area contributed by atoms with Gasteiger partial charge >= 0.3 is 0 Å². The third kappa shape index (κ3) is 2.71. The summed E-state index contributed by atoms with van der Waals surface area (Å²) in [6.07, 6.45) is 0. The molecule has 0 saturated heterocycles. The largest absolute Gasteiger partial charge is 0.496 e. The SMILES string of the molecule is COc1c(C)cccc1CNCc1c(C)nc2sc(C)nn12. The zero-order valence-electron chi connectivity index (χ0n) is 13.3. The molecule has 1 aromatic carbocycles. The van der Waals surface area contributed by atoms with Crippen molar-refractivity contribution in [2.45, 2.75) is 33.9 Å². The molecule has 5 nitrogen and oxygen atoms in total. The molecular formula is C16H20N4OS. The van der Waals surface area contributed by atoms with Crippen LogP contribution < -0.4 is 10.1 Å². The maximum absolute atomic E-state index is 5.49. The average Bonchev–Trinajstić information content (AvgIpc) is 2.96. The molecule has 0 amide bonds. The van der Waals surface area contributed by atoms with Crippen molar-refractivity contribution in [3.05, 3.63) is 45.7 Å². The Balaban J connectivity index is 1.75. The van der Waals surface area contributed by atoms with Gasteiger partial charge in [0, 0.05) is 18.7 Å². The first-order valence-electron chi connectivity index (χ1n) is 7.25. The summed E-state index contributed by atoms with van der Waals surface area (Å²) in [5.41, 5.74) is 4.46. The van der Waals surface area contributed by atoms with Gasteiger partial charge in [-0.25, -0.2) is 9.50 Å². The molecule has 3 aromatic rings. The molecule has 0 aliphatic rings. The van der Waals surface area contributed by atoms with Crippen molar-refractivity contribution in [2.24, 2.45) is 0 Å². The van der Waals surface area contributed by atoms with Crippen molar-refractivity contribution in [3.8, 4) is 5.75 Å². The molecule has 2 heterocycles. The summed E-state index contributed by atoms with van der Waals surface area (Å²) in [6, 6.07) is 6.20. The summed E-state index contributed by atoms with van der Waals surface area (Å²) in [5, 5.41) is 9.02. The van der Waals surface area contributed by atoms with E-state index < -0.39 is 0 Å². The van der Waals surface area contributed by atoms with Gasteiger partial charge in [-0.1, -0.05) is 29.5 Å². The van der Waals surface area contributed by atoms with E-state index in [1.165, 1.54) is 0 Å². The molecule has 0 bridgehead atoms. The minimum Gasteiger partial charge on any atom is -0.496 e. The van der Waals surface area contributed by atoms with E-state index >= 15 is 0 Å². The highest BCUT2D eigenvalue weighted by Crippen LogP contribution is 2.23. The van der Waals surface area contributed by atoms with Crippen molar-refractivity contribution >= 4 is 16.3 Å². The third-order valence-electron chi connectivity index (χ3n) is 3.70. The maximum Gasteiger partial charge on any atom is 0.212 e. The van der Waals surface area contributed by atoms with Crippen LogP contribution in [0.5, 0.6) is 5.75 Å². The number of fused-ring (bicyclic) bond motifs is 1. The molecular weight excluding hydrogens is 296 g/mol. The van der Waals surface area contributed by atoms with Gasteiger partial charge in [0.1, 0.15) is 10.8 Å². The lowest BCUT2D eigenvalue weighted by molar-refractivity contribution is 0.404. The molecule has 22 heavy (non-hydrogen) atoms. The molecule has 116 valence electrons. The normalized spacial score (nSPS) is 11.3. The van der Waals surface area contributed by atoms with Gasteiger partial charge in [-0.15, -0.1) is 0 Å². The van der Waals surface area contributed by atoms with Crippen LogP contribution in [-0.2, 0) is 13.1 Å². The molecule has 0 aliphatic carbocycles. The predicted molar refractivity (Wildman–Crippen MR) is 88.6 cm³/mol. The van der Waals surface area contributed by atoms with Gasteiger partial charge in [0.05, 0.1) is 18.5 Å². The van der Waals surface area contributed by atoms with Crippen LogP contribution in [0, 0.1) is 20.8 Å². The van der Waals surface area contributed by atoms with Crippen LogP contribution in [0.1, 0.15) is 27.5 Å². The highest BCUT2D eigenvalue weighted by atomic mass is 32.1. The van der Waals surface area contributed by atoms with E-state index in [0.29, 0.717) is 0 Å². The first-order chi connectivity index (χ1) is 10.6. The summed E-state index contributed by atoms with van der Waals surface area (Å²) in [6.45, 7) is 7.57. The predicted octanol–water partition coefficient (Wildman–Crippen LogP) is 3.01. The smallest absolute Gasteiger partial charge is 0.212 e. The number of hydrogen-bond acceptors (Lipinski definition) is 5. The number of aryl methyl sites for hydroxylation is 3. The number of methoxy groups -OCH3 is 1. The second-order valence-corrected chi connectivity index (χ2v) is 6.49. The first-order valence-corrected chi connectivity index (χ1v) is 8.06. The molecule has 0 saturated carbocycles. The summed E-state index contributed by atoms with van der Waals surface area (Å²) in [7, 11) is 1.72. The molecule has 0 spiro atoms. The van der Waals surface area contributed by atoms with Crippen molar-refractivity contribution < 1.29 is 4.74 Å². The van der Waals surface area contributed by atoms with Crippen LogP contribution in [0.15, 0.2) is 18.2 Å². The Morgan fingerprint density at radius 1 is 1.23 bits per heavy atom. The second kappa shape index (κ2) is 6.06. The van der Waals surface area contributed by atoms with Gasteiger partial charge in [0.15, 0.2) is 0 Å². The number of hydrogen-bond donors (Lipinski definition) is 1. The molecule has 1 N–H and O–H groups in total. The Labute approximate surface area is 134 Å². The monoisotopic (exact) mass is 316 g/mol. The van der Waals surface area contributed by atoms with Crippen LogP contribution in [0.3, 0.4) is 0 Å². The zero-order valence-corrected chi connectivity index (χ0v) is 14.1. The second-order valence-electron chi connectivity index (χ2n) is 5.33. The lowest BCUT2D eigenvalue weighted by Gasteiger charge is -2.12. The Bertz CT molecular complexity index is 806. The summed E-state index contributed by atoms with van der Waals surface area (Å²) < 4.78 is 7.43. The van der Waals surface area contributed by atoms with Crippen molar-refractivity contribution in [3.63, 3.8) is 0 Å². The Morgan fingerprint density at radius 2 is 2.05 bits per heavy atom. The van der Waals surface area contributed by atoms with Gasteiger partial charge in [0.25, 0.3) is 0 Å². The Kier molecular flexibility index (Phi) is 4.13. The van der Waals surface area contributed by atoms with Gasteiger partial charge < -0.3 is 10.1 Å². The van der Waals surface area contributed by atoms with E-state index in [1.807, 2.05) is 18.4 Å². The lowest BCUT2D eigenvalue weighted by Crippen LogP contribution is -2.16. The van der Waals surface area contributed by atoms with Crippen molar-refractivity contribution in [2.75, 3.05) is 7.11 Å². The van der Waals surface area contributed by atoms with E-state index in [1.54, 1.807) is 18.4 Å². The fraction of sp³-hybridized carbons (Fsp3) is 0.375. The van der Waals surface area contributed by atoms with E-state index in [4.69, 9.17) is 4.74 Å². The minimum absolute atomic E-state index is 0.729. The standard InChI is InChI=1S/C16H20N4OS/c1-10-6-5-7-13(15(10)21-4)8-17-9-14-11(2)18-16-20(14)19-12(3)22-16/h5-7,17H,8-9H2,1-4H3. The summed E-state index contributed by atoms with van der Waals surface area (Å²) in [5.74, 6) is 0.953. The van der Waals surface area contributed by atoms with E-state index in [9.17, 15) is 0 Å². The fourth-order valence-corrected chi connectivity index (χ4v) is 3.46. The van der Waals surface area contributed by atoms with Gasteiger partial charge in [0.2, 0.25) is 4.96 Å². The van der Waals surface area contributed by atoms with Crippen molar-refractivity contribution in [1.82, 2.24) is 19.9 Å². The van der Waals surface area contributed by atoms with Crippen LogP contribution in [0.4, 0.5) is 0 Å². The highest BCUT2D eigenvalue weighted by molar-refractivity contribution is 7.16. The van der Waals surface area contributed by atoms with Gasteiger partial charge in [-0.3, -0.25) is 0 Å². The third-order valence-corrected chi connectivity index (χ3v) is 4.53. The van der Waals surface area contributed by atoms with E-state index in [2.05, 4.69) is 40.5 Å². The number of rotatable bonds is 5. The number of imidazole rings is 1. The topological polar surface area (TPSA) is 51.5 Å². The highest BCUT2D eigenvalue weighted by Gasteiger charge is 2.12. The van der Waals surface area contributed by atoms with Crippen molar-refractivity contribution in [1.29, 1.82) is 0 Å². The summed E-state index contributed by atoms with van der Waals surface area (Å²) in [4.78, 5) is 5.52. The Hall–Kier alpha value is -1.92. The van der Waals surface area contributed by atoms with Gasteiger partial charge in [-0.05, 0) is 26.3 Å². The molecule has 0 aliphatic heterocycles. The van der Waals surface area contributed by atoms with Crippen LogP contribution in [0.25, 0.3) is 4.96 Å². The Morgan fingerprint density at radius 3 is 2.82 bits per heavy atom. The van der Waals surface area contributed by atoms with E-state index in [0.717, 1.165) is 51.3 Å². The van der Waals surface area contributed by atoms with Crippen LogP contribution in [-0.4, -0.2) is 21.7 Å². The quantitative estimate of drug-likeness (QED) is 0.786. The molecule has 0 unspecified atom stereocenters. The number of benzene rings is 1. The zero-order chi connectivity index (χ0) is 15.7. The average molecular weight is 316 g/mol. The number of aromatic nitrogens is 3. The van der Waals surface area contributed by atoms with Gasteiger partial charge in [-0.2, -0.15) is 5.10 Å². The first kappa shape index (κ1) is 15.0. The minimum atomic E-state index is 0.729. The van der Waals surface area contributed by atoms with Crippen LogP contribution in [0.2, 0.25) is 0 Å². The molecule has 0 atom stereocenters. The fourth-order valence-electron chi connectivity index (χ4n) is 2.65. The molecule has 0 fully saturated rings. The molecule has 2 aromatic heterocycles. The molecule has 3 rings (SSSR count). The number of ether oxygens (including phenoxy) is 1.